The first-order valence-electron chi connectivity index (χ1n) is 8.10. The summed E-state index contributed by atoms with van der Waals surface area (Å²) >= 11 is 0. The first-order chi connectivity index (χ1) is 11.2. The Morgan fingerprint density at radius 2 is 1.70 bits per heavy atom. The number of aryl methyl sites for hydroxylation is 2. The van der Waals surface area contributed by atoms with Crippen molar-refractivity contribution in [3.8, 4) is 11.4 Å². The standard InChI is InChI=1S/C17H20N6/c1-12-19-16-14(17(20-12)23-10-4-3-5-11-23)21-15(22(16)2)13-6-8-18-9-7-13/h6-9H,3-5,10-11H2,1-2H3. The van der Waals surface area contributed by atoms with Gasteiger partial charge in [0.05, 0.1) is 0 Å². The third-order valence-corrected chi connectivity index (χ3v) is 4.41. The number of rotatable bonds is 2. The number of pyridine rings is 1. The Balaban J connectivity index is 1.91. The second-order valence-electron chi connectivity index (χ2n) is 6.04. The molecule has 4 heterocycles. The van der Waals surface area contributed by atoms with Gasteiger partial charge in [-0.25, -0.2) is 15.0 Å². The van der Waals surface area contributed by atoms with Crippen LogP contribution in [0.15, 0.2) is 24.5 Å². The maximum atomic E-state index is 4.87. The van der Waals surface area contributed by atoms with Crippen LogP contribution in [0.1, 0.15) is 25.1 Å². The lowest BCUT2D eigenvalue weighted by Crippen LogP contribution is -2.30. The van der Waals surface area contributed by atoms with Crippen LogP contribution in [0.3, 0.4) is 0 Å². The van der Waals surface area contributed by atoms with Crippen LogP contribution in [-0.2, 0) is 7.05 Å². The van der Waals surface area contributed by atoms with Gasteiger partial charge in [0.1, 0.15) is 11.6 Å². The van der Waals surface area contributed by atoms with Gasteiger partial charge in [-0.3, -0.25) is 4.98 Å². The largest absolute Gasteiger partial charge is 0.355 e. The molecular weight excluding hydrogens is 288 g/mol. The SMILES string of the molecule is Cc1nc(N2CCCCC2)c2nc(-c3ccncc3)n(C)c2n1. The molecule has 6 heteroatoms. The maximum Gasteiger partial charge on any atom is 0.165 e. The van der Waals surface area contributed by atoms with Crippen LogP contribution >= 0.6 is 0 Å². The predicted molar refractivity (Wildman–Crippen MR) is 90.3 cm³/mol. The lowest BCUT2D eigenvalue weighted by Gasteiger charge is -2.27. The van der Waals surface area contributed by atoms with Crippen LogP contribution in [0.25, 0.3) is 22.6 Å². The van der Waals surface area contributed by atoms with Crippen molar-refractivity contribution in [3.63, 3.8) is 0 Å². The van der Waals surface area contributed by atoms with E-state index in [0.717, 1.165) is 47.3 Å². The zero-order valence-electron chi connectivity index (χ0n) is 13.5. The van der Waals surface area contributed by atoms with Crippen molar-refractivity contribution >= 4 is 17.0 Å². The van der Waals surface area contributed by atoms with Gasteiger partial charge in [0, 0.05) is 38.1 Å². The number of fused-ring (bicyclic) bond motifs is 1. The number of imidazole rings is 1. The second-order valence-corrected chi connectivity index (χ2v) is 6.04. The summed E-state index contributed by atoms with van der Waals surface area (Å²) in [6.07, 6.45) is 7.31. The van der Waals surface area contributed by atoms with Gasteiger partial charge < -0.3 is 9.47 Å². The first-order valence-corrected chi connectivity index (χ1v) is 8.10. The lowest BCUT2D eigenvalue weighted by atomic mass is 10.1. The highest BCUT2D eigenvalue weighted by Crippen LogP contribution is 2.29. The fourth-order valence-electron chi connectivity index (χ4n) is 3.24. The van der Waals surface area contributed by atoms with E-state index in [2.05, 4.69) is 14.9 Å². The average Bonchev–Trinajstić information content (AvgIpc) is 2.93. The summed E-state index contributed by atoms with van der Waals surface area (Å²) in [5, 5.41) is 0. The Hall–Kier alpha value is -2.50. The predicted octanol–water partition coefficient (Wildman–Crippen LogP) is 2.72. The van der Waals surface area contributed by atoms with Crippen molar-refractivity contribution in [1.29, 1.82) is 0 Å². The number of aromatic nitrogens is 5. The third-order valence-electron chi connectivity index (χ3n) is 4.41. The average molecular weight is 308 g/mol. The van der Waals surface area contributed by atoms with Gasteiger partial charge in [0.25, 0.3) is 0 Å². The van der Waals surface area contributed by atoms with Crippen molar-refractivity contribution in [2.75, 3.05) is 18.0 Å². The number of anilines is 1. The topological polar surface area (TPSA) is 59.7 Å². The summed E-state index contributed by atoms with van der Waals surface area (Å²) in [7, 11) is 2.01. The van der Waals surface area contributed by atoms with Crippen molar-refractivity contribution in [2.24, 2.45) is 7.05 Å². The molecule has 0 radical (unpaired) electrons. The Bertz CT molecular complexity index is 833. The minimum Gasteiger partial charge on any atom is -0.355 e. The quantitative estimate of drug-likeness (QED) is 0.728. The van der Waals surface area contributed by atoms with Gasteiger partial charge >= 0.3 is 0 Å². The van der Waals surface area contributed by atoms with Crippen LogP contribution in [-0.4, -0.2) is 37.6 Å². The van der Waals surface area contributed by atoms with Crippen molar-refractivity contribution in [2.45, 2.75) is 26.2 Å². The molecule has 23 heavy (non-hydrogen) atoms. The van der Waals surface area contributed by atoms with Gasteiger partial charge in [0.15, 0.2) is 17.0 Å². The summed E-state index contributed by atoms with van der Waals surface area (Å²) in [4.78, 5) is 20.6. The normalized spacial score (nSPS) is 15.3. The Morgan fingerprint density at radius 3 is 2.43 bits per heavy atom. The van der Waals surface area contributed by atoms with Crippen molar-refractivity contribution < 1.29 is 0 Å². The van der Waals surface area contributed by atoms with E-state index in [1.807, 2.05) is 30.7 Å². The van der Waals surface area contributed by atoms with E-state index in [1.54, 1.807) is 12.4 Å². The van der Waals surface area contributed by atoms with E-state index in [1.165, 1.54) is 19.3 Å². The Kier molecular flexibility index (Phi) is 3.44. The number of hydrogen-bond acceptors (Lipinski definition) is 5. The molecule has 1 aliphatic heterocycles. The lowest BCUT2D eigenvalue weighted by molar-refractivity contribution is 0.574. The molecule has 6 nitrogen and oxygen atoms in total. The van der Waals surface area contributed by atoms with E-state index in [4.69, 9.17) is 9.97 Å². The van der Waals surface area contributed by atoms with Crippen LogP contribution in [0.2, 0.25) is 0 Å². The first kappa shape index (κ1) is 14.1. The van der Waals surface area contributed by atoms with Gasteiger partial charge in [-0.2, -0.15) is 0 Å². The molecule has 0 atom stereocenters. The fraction of sp³-hybridized carbons (Fsp3) is 0.412. The minimum atomic E-state index is 0.794. The molecule has 0 amide bonds. The number of hydrogen-bond donors (Lipinski definition) is 0. The summed E-state index contributed by atoms with van der Waals surface area (Å²) < 4.78 is 2.05. The molecule has 118 valence electrons. The molecule has 0 unspecified atom stereocenters. The zero-order valence-corrected chi connectivity index (χ0v) is 13.5. The number of piperidine rings is 1. The smallest absolute Gasteiger partial charge is 0.165 e. The highest BCUT2D eigenvalue weighted by Gasteiger charge is 2.21. The van der Waals surface area contributed by atoms with E-state index in [9.17, 15) is 0 Å². The molecule has 0 bridgehead atoms. The van der Waals surface area contributed by atoms with E-state index >= 15 is 0 Å². The molecule has 0 aliphatic carbocycles. The minimum absolute atomic E-state index is 0.794. The summed E-state index contributed by atoms with van der Waals surface area (Å²) in [5.41, 5.74) is 2.83. The number of nitrogens with zero attached hydrogens (tertiary/aromatic N) is 6. The second kappa shape index (κ2) is 5.61. The molecule has 1 aliphatic rings. The molecular formula is C17H20N6. The molecule has 3 aromatic rings. The van der Waals surface area contributed by atoms with E-state index in [-0.39, 0.29) is 0 Å². The van der Waals surface area contributed by atoms with Crippen LogP contribution < -0.4 is 4.90 Å². The van der Waals surface area contributed by atoms with Gasteiger partial charge in [-0.1, -0.05) is 0 Å². The van der Waals surface area contributed by atoms with Gasteiger partial charge in [-0.05, 0) is 38.3 Å². The van der Waals surface area contributed by atoms with Crippen LogP contribution in [0.4, 0.5) is 5.82 Å². The van der Waals surface area contributed by atoms with Gasteiger partial charge in [0.2, 0.25) is 0 Å². The highest BCUT2D eigenvalue weighted by atomic mass is 15.2. The summed E-state index contributed by atoms with van der Waals surface area (Å²) in [6, 6.07) is 3.95. The van der Waals surface area contributed by atoms with Crippen LogP contribution in [0.5, 0.6) is 0 Å². The third kappa shape index (κ3) is 2.44. The molecule has 0 saturated carbocycles. The van der Waals surface area contributed by atoms with Gasteiger partial charge in [-0.15, -0.1) is 0 Å². The molecule has 0 N–H and O–H groups in total. The molecule has 0 spiro atoms. The summed E-state index contributed by atoms with van der Waals surface area (Å²) in [5.74, 6) is 2.67. The Morgan fingerprint density at radius 1 is 0.957 bits per heavy atom. The molecule has 1 fully saturated rings. The molecule has 3 aromatic heterocycles. The van der Waals surface area contributed by atoms with E-state index in [0.29, 0.717) is 0 Å². The Labute approximate surface area is 135 Å². The summed E-state index contributed by atoms with van der Waals surface area (Å²) in [6.45, 7) is 4.05. The van der Waals surface area contributed by atoms with Crippen molar-refractivity contribution in [1.82, 2.24) is 24.5 Å². The maximum absolute atomic E-state index is 4.87. The van der Waals surface area contributed by atoms with Crippen LogP contribution in [0, 0.1) is 6.92 Å². The zero-order chi connectivity index (χ0) is 15.8. The fourth-order valence-corrected chi connectivity index (χ4v) is 3.24. The molecule has 0 aromatic carbocycles. The molecule has 4 rings (SSSR count). The van der Waals surface area contributed by atoms with Crippen molar-refractivity contribution in [3.05, 3.63) is 30.4 Å². The highest BCUT2D eigenvalue weighted by molar-refractivity contribution is 5.87. The monoisotopic (exact) mass is 308 g/mol. The molecule has 1 saturated heterocycles. The van der Waals surface area contributed by atoms with E-state index < -0.39 is 0 Å².